The van der Waals surface area contributed by atoms with Crippen molar-refractivity contribution in [1.29, 1.82) is 0 Å². The van der Waals surface area contributed by atoms with E-state index in [-0.39, 0.29) is 39.7 Å². The minimum absolute atomic E-state index is 0.00333. The summed E-state index contributed by atoms with van der Waals surface area (Å²) in [6.45, 7) is 31.6. The fourth-order valence-electron chi connectivity index (χ4n) is 6.59. The van der Waals surface area contributed by atoms with E-state index in [2.05, 4.69) is 149 Å². The molecule has 0 saturated carbocycles. The van der Waals surface area contributed by atoms with Crippen molar-refractivity contribution in [3.8, 4) is 0 Å². The highest BCUT2D eigenvalue weighted by atomic mass is 28.4. The minimum Gasteiger partial charge on any atom is -0.431 e. The first-order valence-corrected chi connectivity index (χ1v) is 26.6. The number of hydrogen-bond donors (Lipinski definition) is 0. The summed E-state index contributed by atoms with van der Waals surface area (Å²) < 4.78 is 32.8. The van der Waals surface area contributed by atoms with Gasteiger partial charge in [0.2, 0.25) is 0 Å². The van der Waals surface area contributed by atoms with Crippen LogP contribution in [0.4, 0.5) is 4.79 Å². The Balaban J connectivity index is 1.91. The van der Waals surface area contributed by atoms with Crippen molar-refractivity contribution in [3.05, 3.63) is 60.7 Å². The first-order valence-electron chi connectivity index (χ1n) is 18.9. The van der Waals surface area contributed by atoms with E-state index in [4.69, 9.17) is 22.8 Å². The summed E-state index contributed by atoms with van der Waals surface area (Å²) in [6, 6.07) is 21.4. The van der Waals surface area contributed by atoms with E-state index in [1.807, 2.05) is 6.92 Å². The average molecular weight is 757 g/mol. The van der Waals surface area contributed by atoms with Gasteiger partial charge in [-0.3, -0.25) is 0 Å². The monoisotopic (exact) mass is 756 g/mol. The van der Waals surface area contributed by atoms with Crippen LogP contribution in [0.2, 0.25) is 41.3 Å². The second-order valence-corrected chi connectivity index (χ2v) is 32.4. The number of cyclic esters (lactones) is 2. The molecule has 0 aliphatic carbocycles. The predicted octanol–water partition coefficient (Wildman–Crippen LogP) is 9.64. The van der Waals surface area contributed by atoms with Gasteiger partial charge < -0.3 is 27.5 Å². The SMILES string of the molecule is C[C@H]([C@H](CC=O)O[Si](C)(C)C(C)(C)C)[C@H]1C[C@@H](C[C@@H](CCO[Si](c2ccccc2)(c2ccccc2)C(C)(C)C)O[Si](C)(C)C(C)(C)C)OC(=O)O1. The summed E-state index contributed by atoms with van der Waals surface area (Å²) in [5.41, 5.74) is 0. The maximum atomic E-state index is 13.0. The molecule has 2 aromatic carbocycles. The Morgan fingerprint density at radius 1 is 0.765 bits per heavy atom. The number of carbonyl (C=O) groups is 2. The molecule has 0 amide bonds. The van der Waals surface area contributed by atoms with E-state index in [1.54, 1.807) is 0 Å². The molecule has 5 atom stereocenters. The molecule has 0 bridgehead atoms. The Labute approximate surface area is 312 Å². The fraction of sp³-hybridized carbons (Fsp3) is 0.659. The van der Waals surface area contributed by atoms with Crippen molar-refractivity contribution < 1.29 is 32.3 Å². The zero-order valence-electron chi connectivity index (χ0n) is 34.1. The lowest BCUT2D eigenvalue weighted by Gasteiger charge is -2.44. The molecule has 3 rings (SSSR count). The second kappa shape index (κ2) is 16.9. The van der Waals surface area contributed by atoms with E-state index < -0.39 is 43.3 Å². The lowest BCUT2D eigenvalue weighted by Crippen LogP contribution is -2.66. The topological polar surface area (TPSA) is 80.3 Å². The van der Waals surface area contributed by atoms with Crippen LogP contribution in [0.25, 0.3) is 0 Å². The van der Waals surface area contributed by atoms with Gasteiger partial charge in [0.05, 0.1) is 12.2 Å². The molecule has 0 spiro atoms. The van der Waals surface area contributed by atoms with E-state index >= 15 is 0 Å². The van der Waals surface area contributed by atoms with Gasteiger partial charge in [0.25, 0.3) is 8.32 Å². The van der Waals surface area contributed by atoms with Crippen molar-refractivity contribution in [2.45, 2.75) is 161 Å². The molecule has 1 saturated heterocycles. The Morgan fingerprint density at radius 3 is 1.71 bits per heavy atom. The van der Waals surface area contributed by atoms with Gasteiger partial charge in [0.15, 0.2) is 16.6 Å². The zero-order chi connectivity index (χ0) is 38.5. The standard InChI is InChI=1S/C41H68O7Si3/c1-31(36(25-27-42)48-50(13,14)40(5,6)7)37-30-33(45-38(43)46-37)29-32(47-49(11,12)39(2,3)4)26-28-44-51(41(8,9)10,34-21-17-15-18-22-34)35-23-19-16-20-24-35/h15-24,27,31-33,36-37H,25-26,28-30H2,1-14H3/t31-,32-,33-,36+,37-/m1/s1. The molecule has 0 unspecified atom stereocenters. The maximum Gasteiger partial charge on any atom is 0.508 e. The zero-order valence-corrected chi connectivity index (χ0v) is 37.1. The van der Waals surface area contributed by atoms with E-state index in [1.165, 1.54) is 10.4 Å². The summed E-state index contributed by atoms with van der Waals surface area (Å²) in [5, 5.41) is 2.32. The Hall–Kier alpha value is -2.09. The molecule has 1 aliphatic rings. The largest absolute Gasteiger partial charge is 0.508 e. The Kier molecular flexibility index (Phi) is 14.4. The quantitative estimate of drug-likeness (QED) is 0.0959. The molecule has 1 fully saturated rings. The summed E-state index contributed by atoms with van der Waals surface area (Å²) in [6.07, 6.45) is 0.838. The number of carbonyl (C=O) groups excluding carboxylic acids is 2. The highest BCUT2D eigenvalue weighted by Gasteiger charge is 2.50. The summed E-state index contributed by atoms with van der Waals surface area (Å²) in [4.78, 5) is 24.8. The summed E-state index contributed by atoms with van der Waals surface area (Å²) in [7, 11) is -7.14. The Bertz CT molecular complexity index is 1350. The number of benzene rings is 2. The van der Waals surface area contributed by atoms with E-state index in [9.17, 15) is 9.59 Å². The van der Waals surface area contributed by atoms with Crippen LogP contribution in [0.15, 0.2) is 60.7 Å². The van der Waals surface area contributed by atoms with Gasteiger partial charge in [-0.15, -0.1) is 0 Å². The first-order chi connectivity index (χ1) is 23.4. The normalized spacial score (nSPS) is 19.8. The van der Waals surface area contributed by atoms with Gasteiger partial charge in [-0.2, -0.15) is 0 Å². The molecule has 7 nitrogen and oxygen atoms in total. The summed E-state index contributed by atoms with van der Waals surface area (Å²) in [5.74, 6) is -0.182. The van der Waals surface area contributed by atoms with Gasteiger partial charge in [-0.1, -0.05) is 130 Å². The molecule has 0 radical (unpaired) electrons. The van der Waals surface area contributed by atoms with Crippen LogP contribution >= 0.6 is 0 Å². The van der Waals surface area contributed by atoms with Crippen molar-refractivity contribution in [3.63, 3.8) is 0 Å². The van der Waals surface area contributed by atoms with Crippen LogP contribution in [-0.4, -0.2) is 68.4 Å². The number of ether oxygens (including phenoxy) is 2. The van der Waals surface area contributed by atoms with Crippen LogP contribution in [0.3, 0.4) is 0 Å². The number of aldehydes is 1. The third-order valence-electron chi connectivity index (χ3n) is 11.7. The van der Waals surface area contributed by atoms with E-state index in [0.29, 0.717) is 25.9 Å². The van der Waals surface area contributed by atoms with Crippen molar-refractivity contribution in [2.75, 3.05) is 6.61 Å². The molecule has 0 N–H and O–H groups in total. The molecule has 1 heterocycles. The number of hydrogen-bond acceptors (Lipinski definition) is 7. The molecule has 51 heavy (non-hydrogen) atoms. The van der Waals surface area contributed by atoms with E-state index in [0.717, 1.165) is 6.29 Å². The van der Waals surface area contributed by atoms with Gasteiger partial charge in [-0.05, 0) is 58.1 Å². The first kappa shape index (κ1) is 43.3. The second-order valence-electron chi connectivity index (χ2n) is 18.6. The molecular formula is C41H68O7Si3. The molecule has 2 aromatic rings. The van der Waals surface area contributed by atoms with Gasteiger partial charge in [-0.25, -0.2) is 4.79 Å². The van der Waals surface area contributed by atoms with Gasteiger partial charge in [0.1, 0.15) is 18.5 Å². The van der Waals surface area contributed by atoms with Crippen LogP contribution in [-0.2, 0) is 27.5 Å². The molecule has 10 heteroatoms. The summed E-state index contributed by atoms with van der Waals surface area (Å²) >= 11 is 0. The molecule has 1 aliphatic heterocycles. The molecule has 286 valence electrons. The van der Waals surface area contributed by atoms with Crippen LogP contribution in [0.1, 0.15) is 94.9 Å². The van der Waals surface area contributed by atoms with Gasteiger partial charge in [0, 0.05) is 31.8 Å². The average Bonchev–Trinajstić information content (AvgIpc) is 3.01. The lowest BCUT2D eigenvalue weighted by atomic mass is 9.90. The van der Waals surface area contributed by atoms with Crippen molar-refractivity contribution in [1.82, 2.24) is 0 Å². The van der Waals surface area contributed by atoms with Crippen LogP contribution < -0.4 is 10.4 Å². The van der Waals surface area contributed by atoms with Crippen LogP contribution in [0, 0.1) is 5.92 Å². The Morgan fingerprint density at radius 2 is 1.25 bits per heavy atom. The molecular weight excluding hydrogens is 689 g/mol. The fourth-order valence-corrected chi connectivity index (χ4v) is 14.0. The van der Waals surface area contributed by atoms with Crippen LogP contribution in [0.5, 0.6) is 0 Å². The van der Waals surface area contributed by atoms with Crippen molar-refractivity contribution >= 4 is 47.8 Å². The third-order valence-corrected chi connectivity index (χ3v) is 25.8. The molecule has 0 aromatic heterocycles. The number of rotatable bonds is 16. The van der Waals surface area contributed by atoms with Crippen molar-refractivity contribution in [2.24, 2.45) is 5.92 Å². The smallest absolute Gasteiger partial charge is 0.431 e. The highest BCUT2D eigenvalue weighted by Crippen LogP contribution is 2.42. The minimum atomic E-state index is -2.74. The predicted molar refractivity (Wildman–Crippen MR) is 217 cm³/mol. The lowest BCUT2D eigenvalue weighted by molar-refractivity contribution is -0.114. The highest BCUT2D eigenvalue weighted by molar-refractivity contribution is 6.99. The van der Waals surface area contributed by atoms with Gasteiger partial charge >= 0.3 is 6.16 Å². The third kappa shape index (κ3) is 10.8. The maximum absolute atomic E-state index is 13.0.